The lowest BCUT2D eigenvalue weighted by Gasteiger charge is -2.27. The van der Waals surface area contributed by atoms with Crippen molar-refractivity contribution in [2.75, 3.05) is 9.80 Å². The van der Waals surface area contributed by atoms with E-state index in [-0.39, 0.29) is 0 Å². The largest absolute Gasteiger partial charge is 0.310 e. The first-order chi connectivity index (χ1) is 52.6. The molecular weight excluding hydrogens is 1280 g/mol. The second kappa shape index (κ2) is 27.4. The van der Waals surface area contributed by atoms with Crippen LogP contribution in [0.4, 0.5) is 34.1 Å². The zero-order chi connectivity index (χ0) is 70.3. The number of hydrogen-bond acceptors (Lipinski definition) is 2. The number of nitrogens with zero attached hydrogens (tertiary/aromatic N) is 4. The Morgan fingerprint density at radius 2 is 0.406 bits per heavy atom. The number of para-hydroxylation sites is 2. The van der Waals surface area contributed by atoms with Crippen molar-refractivity contribution in [1.29, 1.82) is 0 Å². The molecule has 0 spiro atoms. The third kappa shape index (κ3) is 11.4. The van der Waals surface area contributed by atoms with Crippen LogP contribution in [0.25, 0.3) is 144 Å². The van der Waals surface area contributed by atoms with Gasteiger partial charge in [-0.2, -0.15) is 0 Å². The van der Waals surface area contributed by atoms with Crippen molar-refractivity contribution in [3.8, 4) is 101 Å². The highest BCUT2D eigenvalue weighted by atomic mass is 15.2. The Kier molecular flexibility index (Phi) is 16.2. The molecule has 0 aliphatic rings. The van der Waals surface area contributed by atoms with Gasteiger partial charge in [0.05, 0.1) is 22.4 Å². The van der Waals surface area contributed by atoms with Crippen LogP contribution in [-0.2, 0) is 0 Å². The maximum atomic E-state index is 2.46. The van der Waals surface area contributed by atoms with Crippen LogP contribution in [0.3, 0.4) is 0 Å². The SMILES string of the molecule is c1ccc(-c2cccc(N(c3ccc(-c4c5ccccc5c(-c5ccc(N(c6cccc(-c7ccccc7)c6)c6ccc7c(-c8ccccc8)c(-c8ccccc8)n(-c8ccccc8)c7c6)cc5)c5ccccc45)cc3)c3ccc4c(-c5ccccc5)c(-c5ccccc5)n(-c5ccccc5)c4c3)c2)cc1. The van der Waals surface area contributed by atoms with E-state index in [0.717, 1.165) is 112 Å². The maximum Gasteiger partial charge on any atom is 0.0619 e. The molecule has 0 unspecified atom stereocenters. The van der Waals surface area contributed by atoms with Crippen molar-refractivity contribution in [1.82, 2.24) is 9.13 Å². The van der Waals surface area contributed by atoms with E-state index in [1.54, 1.807) is 0 Å². The van der Waals surface area contributed by atoms with Gasteiger partial charge in [-0.25, -0.2) is 0 Å². The molecule has 4 nitrogen and oxygen atoms in total. The van der Waals surface area contributed by atoms with Crippen LogP contribution in [0.1, 0.15) is 0 Å². The van der Waals surface area contributed by atoms with Crippen LogP contribution < -0.4 is 9.80 Å². The van der Waals surface area contributed by atoms with Gasteiger partial charge in [0.25, 0.3) is 0 Å². The van der Waals surface area contributed by atoms with Gasteiger partial charge in [-0.15, -0.1) is 0 Å². The number of hydrogen-bond donors (Lipinski definition) is 0. The molecule has 2 aromatic heterocycles. The summed E-state index contributed by atoms with van der Waals surface area (Å²) in [6.07, 6.45) is 0. The van der Waals surface area contributed by atoms with Crippen LogP contribution in [-0.4, -0.2) is 9.13 Å². The van der Waals surface area contributed by atoms with Gasteiger partial charge >= 0.3 is 0 Å². The zero-order valence-electron chi connectivity index (χ0n) is 58.2. The molecule has 0 amide bonds. The minimum atomic E-state index is 1.04. The van der Waals surface area contributed by atoms with E-state index < -0.39 is 0 Å². The topological polar surface area (TPSA) is 16.3 Å². The first kappa shape index (κ1) is 62.9. The van der Waals surface area contributed by atoms with Crippen molar-refractivity contribution < 1.29 is 0 Å². The molecule has 0 saturated carbocycles. The van der Waals surface area contributed by atoms with Crippen molar-refractivity contribution >= 4 is 77.5 Å². The van der Waals surface area contributed by atoms with Crippen LogP contribution in [0, 0.1) is 0 Å². The predicted octanol–water partition coefficient (Wildman–Crippen LogP) is 28.2. The standard InChI is InChI=1S/C102H70N4/c1-9-31-71(32-10-1)79-43-29-49-85(67-79)103(87-63-65-93-95(69-87)105(81-45-21-7-22-46-81)101(77-39-17-5-18-40-77)99(93)73-35-13-3-14-36-73)83-59-55-75(56-60-83)97-89-51-25-27-53-91(89)98(92-54-28-26-52-90(92)97)76-57-61-84(62-58-76)104(86-50-30-44-80(68-86)72-33-11-2-12-34-72)88-64-66-94-96(70-88)106(82-47-23-8-24-48-82)102(78-41-19-6-20-42-78)100(94)74-37-15-4-16-38-74/h1-70H. The lowest BCUT2D eigenvalue weighted by Crippen LogP contribution is -2.10. The van der Waals surface area contributed by atoms with Gasteiger partial charge in [-0.05, 0) is 185 Å². The summed E-state index contributed by atoms with van der Waals surface area (Å²) in [5, 5.41) is 7.11. The van der Waals surface area contributed by atoms with Crippen LogP contribution in [0.5, 0.6) is 0 Å². The Balaban J connectivity index is 0.750. The second-order valence-electron chi connectivity index (χ2n) is 27.1. The second-order valence-corrected chi connectivity index (χ2v) is 27.1. The van der Waals surface area contributed by atoms with Gasteiger partial charge in [0.2, 0.25) is 0 Å². The summed E-state index contributed by atoms with van der Waals surface area (Å²) in [4.78, 5) is 4.86. The summed E-state index contributed by atoms with van der Waals surface area (Å²) in [6.45, 7) is 0. The van der Waals surface area contributed by atoms with Gasteiger partial charge in [0.15, 0.2) is 0 Å². The van der Waals surface area contributed by atoms with Crippen LogP contribution >= 0.6 is 0 Å². The first-order valence-corrected chi connectivity index (χ1v) is 36.4. The Hall–Kier alpha value is -14.1. The third-order valence-corrected chi connectivity index (χ3v) is 20.9. The molecule has 19 aromatic rings. The van der Waals surface area contributed by atoms with E-state index in [0.29, 0.717) is 0 Å². The van der Waals surface area contributed by atoms with Gasteiger partial charge in [-0.1, -0.05) is 328 Å². The van der Waals surface area contributed by atoms with Gasteiger partial charge in [0.1, 0.15) is 0 Å². The average molecular weight is 1350 g/mol. The molecule has 4 heteroatoms. The molecule has 0 bridgehead atoms. The average Bonchev–Trinajstić information content (AvgIpc) is 1.43. The molecule has 2 heterocycles. The van der Waals surface area contributed by atoms with Gasteiger partial charge in [-0.3, -0.25) is 0 Å². The number of rotatable bonds is 16. The smallest absolute Gasteiger partial charge is 0.0619 e. The molecule has 17 aromatic carbocycles. The molecule has 0 saturated heterocycles. The number of benzene rings is 17. The predicted molar refractivity (Wildman–Crippen MR) is 448 cm³/mol. The van der Waals surface area contributed by atoms with E-state index in [1.807, 2.05) is 0 Å². The van der Waals surface area contributed by atoms with E-state index >= 15 is 0 Å². The van der Waals surface area contributed by atoms with E-state index in [9.17, 15) is 0 Å². The quantitative estimate of drug-likeness (QED) is 0.0897. The number of anilines is 6. The molecule has 106 heavy (non-hydrogen) atoms. The van der Waals surface area contributed by atoms with Gasteiger partial charge in [0, 0.05) is 67.4 Å². The lowest BCUT2D eigenvalue weighted by atomic mass is 9.86. The molecule has 0 aliphatic heterocycles. The number of aromatic nitrogens is 2. The summed E-state index contributed by atoms with van der Waals surface area (Å²) >= 11 is 0. The Bertz CT molecular complexity index is 5930. The molecule has 0 radical (unpaired) electrons. The molecule has 0 aliphatic carbocycles. The lowest BCUT2D eigenvalue weighted by molar-refractivity contribution is 1.13. The van der Waals surface area contributed by atoms with Crippen molar-refractivity contribution in [2.45, 2.75) is 0 Å². The summed E-state index contributed by atoms with van der Waals surface area (Å²) in [5.41, 5.74) is 29.4. The number of fused-ring (bicyclic) bond motifs is 4. The highest BCUT2D eigenvalue weighted by Gasteiger charge is 2.27. The zero-order valence-corrected chi connectivity index (χ0v) is 58.2. The van der Waals surface area contributed by atoms with Gasteiger partial charge < -0.3 is 18.9 Å². The summed E-state index contributed by atoms with van der Waals surface area (Å²) in [6, 6.07) is 155. The van der Waals surface area contributed by atoms with Crippen LogP contribution in [0.2, 0.25) is 0 Å². The first-order valence-electron chi connectivity index (χ1n) is 36.4. The molecule has 0 fully saturated rings. The Morgan fingerprint density at radius 3 is 0.736 bits per heavy atom. The summed E-state index contributed by atoms with van der Waals surface area (Å²) in [7, 11) is 0. The van der Waals surface area contributed by atoms with E-state index in [1.165, 1.54) is 65.7 Å². The summed E-state index contributed by atoms with van der Waals surface area (Å²) < 4.78 is 4.92. The summed E-state index contributed by atoms with van der Waals surface area (Å²) in [5.74, 6) is 0. The Labute approximate surface area is 617 Å². The molecule has 0 atom stereocenters. The fourth-order valence-corrected chi connectivity index (χ4v) is 16.2. The highest BCUT2D eigenvalue weighted by Crippen LogP contribution is 2.51. The van der Waals surface area contributed by atoms with Crippen molar-refractivity contribution in [2.24, 2.45) is 0 Å². The third-order valence-electron chi connectivity index (χ3n) is 20.9. The Morgan fingerprint density at radius 1 is 0.151 bits per heavy atom. The van der Waals surface area contributed by atoms with E-state index in [2.05, 4.69) is 444 Å². The van der Waals surface area contributed by atoms with Crippen LogP contribution in [0.15, 0.2) is 425 Å². The molecule has 19 rings (SSSR count). The molecule has 0 N–H and O–H groups in total. The minimum Gasteiger partial charge on any atom is -0.310 e. The monoisotopic (exact) mass is 1350 g/mol. The molecule has 498 valence electrons. The van der Waals surface area contributed by atoms with E-state index in [4.69, 9.17) is 0 Å². The highest BCUT2D eigenvalue weighted by molar-refractivity contribution is 6.22. The fraction of sp³-hybridized carbons (Fsp3) is 0. The van der Waals surface area contributed by atoms with Crippen molar-refractivity contribution in [3.63, 3.8) is 0 Å². The molecular formula is C102H70N4. The minimum absolute atomic E-state index is 1.04. The normalized spacial score (nSPS) is 11.4. The fourth-order valence-electron chi connectivity index (χ4n) is 16.2. The van der Waals surface area contributed by atoms with Crippen molar-refractivity contribution in [3.05, 3.63) is 425 Å². The maximum absolute atomic E-state index is 2.46.